The number of rotatable bonds is 8. The summed E-state index contributed by atoms with van der Waals surface area (Å²) in [6, 6.07) is 11.2. The van der Waals surface area contributed by atoms with E-state index in [9.17, 15) is 9.59 Å². The van der Waals surface area contributed by atoms with Gasteiger partial charge in [-0.2, -0.15) is 0 Å². The molecule has 146 valence electrons. The first-order valence-corrected chi connectivity index (χ1v) is 9.25. The Kier molecular flexibility index (Phi) is 5.15. The Balaban J connectivity index is 1.70. The van der Waals surface area contributed by atoms with Gasteiger partial charge in [-0.25, -0.2) is 0 Å². The van der Waals surface area contributed by atoms with E-state index in [-0.39, 0.29) is 11.6 Å². The largest absolute Gasteiger partial charge is 0.491 e. The smallest absolute Gasteiger partial charge is 0.211 e. The molecule has 0 aromatic heterocycles. The summed E-state index contributed by atoms with van der Waals surface area (Å²) in [5, 5.41) is 0. The third-order valence-corrected chi connectivity index (χ3v) is 5.24. The molecule has 3 aliphatic rings. The van der Waals surface area contributed by atoms with Gasteiger partial charge in [0.2, 0.25) is 11.6 Å². The highest BCUT2D eigenvalue weighted by molar-refractivity contribution is 6.45. The third-order valence-electron chi connectivity index (χ3n) is 5.24. The monoisotopic (exact) mass is 382 g/mol. The molecule has 0 spiro atoms. The van der Waals surface area contributed by atoms with Crippen molar-refractivity contribution in [1.82, 2.24) is 0 Å². The van der Waals surface area contributed by atoms with Crippen molar-refractivity contribution in [2.24, 2.45) is 0 Å². The molecule has 2 atom stereocenters. The van der Waals surface area contributed by atoms with Gasteiger partial charge in [0.1, 0.15) is 24.7 Å². The summed E-state index contributed by atoms with van der Waals surface area (Å²) in [5.41, 5.74) is 3.45. The van der Waals surface area contributed by atoms with E-state index in [1.807, 2.05) is 36.4 Å². The predicted molar refractivity (Wildman–Crippen MR) is 101 cm³/mol. The highest BCUT2D eigenvalue weighted by Crippen LogP contribution is 2.50. The number of carbonyl (C=O) groups is 2. The third kappa shape index (κ3) is 3.08. The van der Waals surface area contributed by atoms with Gasteiger partial charge in [0.15, 0.2) is 0 Å². The van der Waals surface area contributed by atoms with Crippen LogP contribution in [-0.2, 0) is 19.1 Å². The molecule has 0 aliphatic heterocycles. The van der Waals surface area contributed by atoms with E-state index >= 15 is 0 Å². The van der Waals surface area contributed by atoms with Crippen LogP contribution >= 0.6 is 0 Å². The molecule has 0 fully saturated rings. The van der Waals surface area contributed by atoms with Crippen LogP contribution in [0.1, 0.15) is 34.1 Å². The van der Waals surface area contributed by atoms with Crippen molar-refractivity contribution < 1.29 is 28.5 Å². The zero-order chi connectivity index (χ0) is 19.7. The molecule has 2 aromatic rings. The molecular weight excluding hydrogens is 360 g/mol. The van der Waals surface area contributed by atoms with Crippen LogP contribution in [0.25, 0.3) is 0 Å². The SMILES string of the molecule is COCCOc1ccc2c(c1)C1C(=O)C(=O)C2c2cc(OCCOC)ccc21. The second kappa shape index (κ2) is 7.73. The molecular formula is C22H22O6. The molecule has 0 N–H and O–H groups in total. The van der Waals surface area contributed by atoms with Crippen molar-refractivity contribution in [1.29, 1.82) is 0 Å². The summed E-state index contributed by atoms with van der Waals surface area (Å²) in [5.74, 6) is -0.531. The Labute approximate surface area is 163 Å². The average Bonchev–Trinajstić information content (AvgIpc) is 2.70. The quantitative estimate of drug-likeness (QED) is 0.516. The zero-order valence-electron chi connectivity index (χ0n) is 15.9. The van der Waals surface area contributed by atoms with Crippen LogP contribution in [0.5, 0.6) is 11.5 Å². The highest BCUT2D eigenvalue weighted by atomic mass is 16.5. The Morgan fingerprint density at radius 2 is 1.07 bits per heavy atom. The van der Waals surface area contributed by atoms with Crippen LogP contribution < -0.4 is 9.47 Å². The number of fused-ring (bicyclic) bond motifs is 1. The van der Waals surface area contributed by atoms with Gasteiger partial charge in [-0.3, -0.25) is 9.59 Å². The predicted octanol–water partition coefficient (Wildman–Crippen LogP) is 2.47. The second-order valence-electron chi connectivity index (χ2n) is 6.86. The lowest BCUT2D eigenvalue weighted by Gasteiger charge is -2.38. The summed E-state index contributed by atoms with van der Waals surface area (Å²) in [7, 11) is 3.23. The molecule has 2 unspecified atom stereocenters. The molecule has 0 saturated carbocycles. The van der Waals surface area contributed by atoms with E-state index in [1.165, 1.54) is 0 Å². The Bertz CT molecular complexity index is 844. The Morgan fingerprint density at radius 3 is 1.46 bits per heavy atom. The maximum atomic E-state index is 12.7. The fourth-order valence-electron chi connectivity index (χ4n) is 3.98. The van der Waals surface area contributed by atoms with Gasteiger partial charge in [0.05, 0.1) is 25.0 Å². The van der Waals surface area contributed by atoms with Crippen LogP contribution in [0.4, 0.5) is 0 Å². The maximum absolute atomic E-state index is 12.7. The van der Waals surface area contributed by atoms with Crippen molar-refractivity contribution in [2.75, 3.05) is 40.6 Å². The molecule has 2 aromatic carbocycles. The van der Waals surface area contributed by atoms with Crippen LogP contribution in [0.3, 0.4) is 0 Å². The van der Waals surface area contributed by atoms with Gasteiger partial charge in [-0.1, -0.05) is 12.1 Å². The van der Waals surface area contributed by atoms with Crippen LogP contribution in [0.2, 0.25) is 0 Å². The topological polar surface area (TPSA) is 71.1 Å². The molecule has 0 radical (unpaired) electrons. The number of benzene rings is 2. The van der Waals surface area contributed by atoms with Gasteiger partial charge in [0, 0.05) is 14.2 Å². The minimum Gasteiger partial charge on any atom is -0.491 e. The maximum Gasteiger partial charge on any atom is 0.211 e. The number of ether oxygens (including phenoxy) is 4. The number of Topliss-reactive ketones (excluding diaryl/α,β-unsaturated/α-hetero) is 2. The fourth-order valence-corrected chi connectivity index (χ4v) is 3.98. The normalized spacial score (nSPS) is 19.4. The Hall–Kier alpha value is -2.70. The number of hydrogen-bond donors (Lipinski definition) is 0. The van der Waals surface area contributed by atoms with E-state index in [4.69, 9.17) is 18.9 Å². The number of ketones is 2. The minimum absolute atomic E-state index is 0.355. The van der Waals surface area contributed by atoms with Gasteiger partial charge in [-0.15, -0.1) is 0 Å². The van der Waals surface area contributed by atoms with Crippen molar-refractivity contribution in [3.05, 3.63) is 58.7 Å². The number of methoxy groups -OCH3 is 2. The van der Waals surface area contributed by atoms with Crippen LogP contribution in [0, 0.1) is 0 Å². The summed E-state index contributed by atoms with van der Waals surface area (Å²) in [6.07, 6.45) is 0. The van der Waals surface area contributed by atoms with Crippen molar-refractivity contribution in [2.45, 2.75) is 11.8 Å². The first kappa shape index (κ1) is 18.7. The first-order chi connectivity index (χ1) is 13.7. The molecule has 5 rings (SSSR count). The molecule has 6 heteroatoms. The molecule has 0 amide bonds. The molecule has 6 nitrogen and oxygen atoms in total. The summed E-state index contributed by atoms with van der Waals surface area (Å²) < 4.78 is 21.4. The van der Waals surface area contributed by atoms with Crippen molar-refractivity contribution in [3.63, 3.8) is 0 Å². The summed E-state index contributed by atoms with van der Waals surface area (Å²) >= 11 is 0. The molecule has 0 saturated heterocycles. The first-order valence-electron chi connectivity index (χ1n) is 9.25. The standard InChI is InChI=1S/C22H22O6/c1-25-7-9-27-13-3-5-15-17(11-13)19-16-6-4-14(28-10-8-26-2)12-18(16)20(15)22(24)21(19)23/h3-6,11-12,19-20H,7-10H2,1-2H3. The van der Waals surface area contributed by atoms with E-state index in [0.717, 1.165) is 22.3 Å². The molecule has 3 aliphatic carbocycles. The van der Waals surface area contributed by atoms with Crippen LogP contribution in [0.15, 0.2) is 36.4 Å². The fraction of sp³-hybridized carbons (Fsp3) is 0.364. The lowest BCUT2D eigenvalue weighted by atomic mass is 9.62. The lowest BCUT2D eigenvalue weighted by Crippen LogP contribution is -2.40. The number of carbonyl (C=O) groups excluding carboxylic acids is 2. The molecule has 0 heterocycles. The Morgan fingerprint density at radius 1 is 0.643 bits per heavy atom. The average molecular weight is 382 g/mol. The van der Waals surface area contributed by atoms with E-state index in [1.54, 1.807) is 14.2 Å². The van der Waals surface area contributed by atoms with Crippen molar-refractivity contribution in [3.8, 4) is 11.5 Å². The van der Waals surface area contributed by atoms with Crippen LogP contribution in [-0.4, -0.2) is 52.2 Å². The van der Waals surface area contributed by atoms with E-state index < -0.39 is 11.8 Å². The highest BCUT2D eigenvalue weighted by Gasteiger charge is 2.49. The molecule has 2 bridgehead atoms. The summed E-state index contributed by atoms with van der Waals surface area (Å²) in [4.78, 5) is 25.4. The van der Waals surface area contributed by atoms with E-state index in [0.29, 0.717) is 37.9 Å². The number of hydrogen-bond acceptors (Lipinski definition) is 6. The summed E-state index contributed by atoms with van der Waals surface area (Å²) in [6.45, 7) is 1.81. The van der Waals surface area contributed by atoms with Crippen molar-refractivity contribution >= 4 is 11.6 Å². The lowest BCUT2D eigenvalue weighted by molar-refractivity contribution is -0.138. The van der Waals surface area contributed by atoms with E-state index in [2.05, 4.69) is 0 Å². The van der Waals surface area contributed by atoms with Gasteiger partial charge in [-0.05, 0) is 46.5 Å². The zero-order valence-corrected chi connectivity index (χ0v) is 15.9. The van der Waals surface area contributed by atoms with Gasteiger partial charge < -0.3 is 18.9 Å². The second-order valence-corrected chi connectivity index (χ2v) is 6.86. The minimum atomic E-state index is -0.582. The molecule has 28 heavy (non-hydrogen) atoms. The van der Waals surface area contributed by atoms with Gasteiger partial charge >= 0.3 is 0 Å². The van der Waals surface area contributed by atoms with Gasteiger partial charge in [0.25, 0.3) is 0 Å².